The minimum absolute atomic E-state index is 0.0470. The van der Waals surface area contributed by atoms with Gasteiger partial charge in [-0.2, -0.15) is 11.8 Å². The number of carboxylic acid groups (broad SMARTS) is 1. The Morgan fingerprint density at radius 3 is 2.42 bits per heavy atom. The largest absolute Gasteiger partial charge is 0.481 e. The fraction of sp³-hybridized carbons (Fsp3) is 0.857. The van der Waals surface area contributed by atoms with Gasteiger partial charge in [-0.1, -0.05) is 6.92 Å². The number of hydrogen-bond acceptors (Lipinski definition) is 3. The number of carbonyl (C=O) groups is 2. The molecule has 4 unspecified atom stereocenters. The van der Waals surface area contributed by atoms with Crippen LogP contribution >= 0.6 is 11.8 Å². The summed E-state index contributed by atoms with van der Waals surface area (Å²) in [4.78, 5) is 25.2. The zero-order valence-corrected chi connectivity index (χ0v) is 12.5. The second kappa shape index (κ2) is 6.16. The first-order valence-electron chi connectivity index (χ1n) is 7.15. The van der Waals surface area contributed by atoms with E-state index in [0.29, 0.717) is 17.7 Å². The molecule has 1 amide bonds. The Labute approximate surface area is 118 Å². The molecule has 1 N–H and O–H groups in total. The van der Waals surface area contributed by atoms with Gasteiger partial charge >= 0.3 is 5.97 Å². The molecule has 2 rings (SSSR count). The number of nitrogens with zero attached hydrogens (tertiary/aromatic N) is 1. The number of carboxylic acids is 1. The molecule has 108 valence electrons. The van der Waals surface area contributed by atoms with E-state index in [1.165, 1.54) is 6.42 Å². The second-order valence-corrected chi connectivity index (χ2v) is 7.20. The van der Waals surface area contributed by atoms with Crippen molar-refractivity contribution in [2.75, 3.05) is 12.8 Å². The first-order chi connectivity index (χ1) is 9.04. The molecular formula is C14H23NO3S. The summed E-state index contributed by atoms with van der Waals surface area (Å²) >= 11 is 1.97. The van der Waals surface area contributed by atoms with E-state index in [9.17, 15) is 9.59 Å². The zero-order chi connectivity index (χ0) is 14.0. The quantitative estimate of drug-likeness (QED) is 0.841. The fourth-order valence-electron chi connectivity index (χ4n) is 3.19. The smallest absolute Gasteiger partial charge is 0.307 e. The molecule has 0 heterocycles. The predicted octanol–water partition coefficient (Wildman–Crippen LogP) is 2.23. The summed E-state index contributed by atoms with van der Waals surface area (Å²) in [6, 6.07) is 0.312. The highest BCUT2D eigenvalue weighted by atomic mass is 32.2. The average molecular weight is 285 g/mol. The van der Waals surface area contributed by atoms with Crippen LogP contribution in [0.1, 0.15) is 39.0 Å². The van der Waals surface area contributed by atoms with Crippen LogP contribution in [0.15, 0.2) is 0 Å². The summed E-state index contributed by atoms with van der Waals surface area (Å²) in [6.07, 6.45) is 4.68. The molecule has 0 aromatic rings. The standard InChI is InChI=1S/C14H23NO3S/c1-3-19-10-5-4-9(8-10)15(2)13(16)11-6-7-12(11)14(17)18/h9-12H,3-8H2,1-2H3,(H,17,18). The Balaban J connectivity index is 1.88. The van der Waals surface area contributed by atoms with Crippen LogP contribution in [0.3, 0.4) is 0 Å². The summed E-state index contributed by atoms with van der Waals surface area (Å²) in [6.45, 7) is 2.17. The van der Waals surface area contributed by atoms with E-state index >= 15 is 0 Å². The van der Waals surface area contributed by atoms with Crippen molar-refractivity contribution in [1.29, 1.82) is 0 Å². The van der Waals surface area contributed by atoms with Gasteiger partial charge in [-0.15, -0.1) is 0 Å². The Morgan fingerprint density at radius 2 is 1.89 bits per heavy atom. The molecule has 5 heteroatoms. The highest BCUT2D eigenvalue weighted by molar-refractivity contribution is 7.99. The van der Waals surface area contributed by atoms with Crippen molar-refractivity contribution in [3.05, 3.63) is 0 Å². The average Bonchev–Trinajstić information content (AvgIpc) is 2.74. The van der Waals surface area contributed by atoms with Crippen LogP contribution in [0.5, 0.6) is 0 Å². The molecule has 4 nitrogen and oxygen atoms in total. The molecule has 0 aromatic heterocycles. The number of thioether (sulfide) groups is 1. The van der Waals surface area contributed by atoms with Gasteiger partial charge in [-0.25, -0.2) is 0 Å². The first kappa shape index (κ1) is 14.7. The molecule has 2 fully saturated rings. The van der Waals surface area contributed by atoms with Crippen molar-refractivity contribution < 1.29 is 14.7 Å². The molecule has 0 spiro atoms. The van der Waals surface area contributed by atoms with E-state index in [4.69, 9.17) is 5.11 Å². The number of aliphatic carboxylic acids is 1. The lowest BCUT2D eigenvalue weighted by Crippen LogP contribution is -2.47. The normalized spacial score (nSPS) is 33.8. The summed E-state index contributed by atoms with van der Waals surface area (Å²) in [7, 11) is 1.85. The highest BCUT2D eigenvalue weighted by Gasteiger charge is 2.44. The van der Waals surface area contributed by atoms with Gasteiger partial charge < -0.3 is 10.0 Å². The third kappa shape index (κ3) is 3.07. The van der Waals surface area contributed by atoms with Crippen LogP contribution in [-0.4, -0.2) is 46.0 Å². The first-order valence-corrected chi connectivity index (χ1v) is 8.20. The van der Waals surface area contributed by atoms with Crippen LogP contribution in [0.2, 0.25) is 0 Å². The molecule has 0 radical (unpaired) electrons. The van der Waals surface area contributed by atoms with E-state index in [0.717, 1.165) is 25.0 Å². The molecule has 0 saturated heterocycles. The number of rotatable bonds is 5. The monoisotopic (exact) mass is 285 g/mol. The Hall–Kier alpha value is -0.710. The Kier molecular flexibility index (Phi) is 4.76. The van der Waals surface area contributed by atoms with Gasteiger partial charge in [0.2, 0.25) is 5.91 Å². The molecule has 0 aromatic carbocycles. The van der Waals surface area contributed by atoms with Gasteiger partial charge in [0.05, 0.1) is 11.8 Å². The van der Waals surface area contributed by atoms with Crippen molar-refractivity contribution in [1.82, 2.24) is 4.90 Å². The van der Waals surface area contributed by atoms with Crippen LogP contribution < -0.4 is 0 Å². The predicted molar refractivity (Wildman–Crippen MR) is 76.2 cm³/mol. The molecule has 2 aliphatic carbocycles. The van der Waals surface area contributed by atoms with Gasteiger partial charge in [-0.05, 0) is 37.9 Å². The van der Waals surface area contributed by atoms with E-state index in [-0.39, 0.29) is 11.8 Å². The molecule has 19 heavy (non-hydrogen) atoms. The van der Waals surface area contributed by atoms with Crippen molar-refractivity contribution in [3.8, 4) is 0 Å². The summed E-state index contributed by atoms with van der Waals surface area (Å²) in [5.41, 5.74) is 0. The molecule has 0 aliphatic heterocycles. The van der Waals surface area contributed by atoms with Gasteiger partial charge in [0, 0.05) is 18.3 Å². The highest BCUT2D eigenvalue weighted by Crippen LogP contribution is 2.38. The van der Waals surface area contributed by atoms with Crippen molar-refractivity contribution >= 4 is 23.6 Å². The van der Waals surface area contributed by atoms with E-state index < -0.39 is 11.9 Å². The van der Waals surface area contributed by atoms with Gasteiger partial charge in [0.25, 0.3) is 0 Å². The Bertz CT molecular complexity index is 361. The number of amides is 1. The van der Waals surface area contributed by atoms with Crippen LogP contribution in [-0.2, 0) is 9.59 Å². The summed E-state index contributed by atoms with van der Waals surface area (Å²) < 4.78 is 0. The van der Waals surface area contributed by atoms with Gasteiger partial charge in [0.1, 0.15) is 0 Å². The SMILES string of the molecule is CCSC1CCC(N(C)C(=O)C2CCC2C(=O)O)C1. The Morgan fingerprint density at radius 1 is 1.21 bits per heavy atom. The van der Waals surface area contributed by atoms with Crippen LogP contribution in [0.4, 0.5) is 0 Å². The molecular weight excluding hydrogens is 262 g/mol. The molecule has 2 saturated carbocycles. The maximum absolute atomic E-state index is 12.3. The molecule has 0 bridgehead atoms. The van der Waals surface area contributed by atoms with Crippen LogP contribution in [0.25, 0.3) is 0 Å². The zero-order valence-electron chi connectivity index (χ0n) is 11.7. The van der Waals surface area contributed by atoms with Gasteiger partial charge in [0.15, 0.2) is 0 Å². The van der Waals surface area contributed by atoms with Crippen molar-refractivity contribution in [3.63, 3.8) is 0 Å². The number of hydrogen-bond donors (Lipinski definition) is 1. The minimum Gasteiger partial charge on any atom is -0.481 e. The van der Waals surface area contributed by atoms with E-state index in [1.807, 2.05) is 23.7 Å². The maximum atomic E-state index is 12.3. The lowest BCUT2D eigenvalue weighted by Gasteiger charge is -2.37. The summed E-state index contributed by atoms with van der Waals surface area (Å²) in [5, 5.41) is 9.71. The van der Waals surface area contributed by atoms with Gasteiger partial charge in [-0.3, -0.25) is 9.59 Å². The second-order valence-electron chi connectivity index (χ2n) is 5.62. The molecule has 4 atom stereocenters. The molecule has 2 aliphatic rings. The number of carbonyl (C=O) groups excluding carboxylic acids is 1. The summed E-state index contributed by atoms with van der Waals surface area (Å²) in [5.74, 6) is -0.370. The van der Waals surface area contributed by atoms with Crippen molar-refractivity contribution in [2.24, 2.45) is 11.8 Å². The third-order valence-electron chi connectivity index (χ3n) is 4.56. The third-order valence-corrected chi connectivity index (χ3v) is 5.80. The topological polar surface area (TPSA) is 57.6 Å². The lowest BCUT2D eigenvalue weighted by molar-refractivity contribution is -0.156. The van der Waals surface area contributed by atoms with E-state index in [2.05, 4.69) is 6.92 Å². The lowest BCUT2D eigenvalue weighted by atomic mass is 9.73. The maximum Gasteiger partial charge on any atom is 0.307 e. The van der Waals surface area contributed by atoms with Crippen LogP contribution in [0, 0.1) is 11.8 Å². The van der Waals surface area contributed by atoms with E-state index in [1.54, 1.807) is 0 Å². The van der Waals surface area contributed by atoms with Crippen molar-refractivity contribution in [2.45, 2.75) is 50.3 Å². The fourth-order valence-corrected chi connectivity index (χ4v) is 4.32. The minimum atomic E-state index is -0.816.